The molecule has 3 rings (SSSR count). The summed E-state index contributed by atoms with van der Waals surface area (Å²) in [5.41, 5.74) is 0. The van der Waals surface area contributed by atoms with Gasteiger partial charge in [-0.05, 0) is 31.9 Å². The molecule has 1 aliphatic carbocycles. The monoisotopic (exact) mass is 348 g/mol. The summed E-state index contributed by atoms with van der Waals surface area (Å²) in [6.45, 7) is 3.05. The zero-order valence-corrected chi connectivity index (χ0v) is 14.2. The van der Waals surface area contributed by atoms with Crippen molar-refractivity contribution in [2.75, 3.05) is 13.1 Å². The molecule has 0 radical (unpaired) electrons. The van der Waals surface area contributed by atoms with Crippen LogP contribution in [0.2, 0.25) is 0 Å². The molecule has 2 heterocycles. The van der Waals surface area contributed by atoms with Crippen molar-refractivity contribution in [1.29, 1.82) is 0 Å². The Hall–Kier alpha value is -2.15. The van der Waals surface area contributed by atoms with E-state index in [1.165, 1.54) is 11.3 Å². The van der Waals surface area contributed by atoms with E-state index in [0.717, 1.165) is 4.88 Å². The van der Waals surface area contributed by atoms with Crippen molar-refractivity contribution >= 4 is 29.1 Å². The third-order valence-corrected chi connectivity index (χ3v) is 5.59. The summed E-state index contributed by atoms with van der Waals surface area (Å²) in [6, 6.07) is 3.80. The number of nitrogens with zero attached hydrogens (tertiary/aromatic N) is 1. The molecule has 1 fully saturated rings. The molecule has 1 aromatic rings. The van der Waals surface area contributed by atoms with E-state index in [2.05, 4.69) is 5.32 Å². The summed E-state index contributed by atoms with van der Waals surface area (Å²) in [4.78, 5) is 39.1. The molecule has 0 saturated carbocycles. The fourth-order valence-corrected chi connectivity index (χ4v) is 3.84. The molecule has 2 atom stereocenters. The highest BCUT2D eigenvalue weighted by atomic mass is 32.1. The molecule has 0 unspecified atom stereocenters. The van der Waals surface area contributed by atoms with Gasteiger partial charge in [0.1, 0.15) is 0 Å². The number of carboxylic acids is 1. The van der Waals surface area contributed by atoms with E-state index >= 15 is 0 Å². The molecule has 1 aliphatic heterocycles. The van der Waals surface area contributed by atoms with E-state index in [4.69, 9.17) is 5.11 Å². The first kappa shape index (κ1) is 16.7. The van der Waals surface area contributed by atoms with Crippen LogP contribution < -0.4 is 5.32 Å². The molecule has 128 valence electrons. The minimum atomic E-state index is -0.954. The third-order valence-electron chi connectivity index (χ3n) is 4.59. The number of nitrogens with one attached hydrogen (secondary N) is 1. The molecular formula is C17H20N2O4S. The maximum Gasteiger partial charge on any atom is 0.311 e. The van der Waals surface area contributed by atoms with Gasteiger partial charge >= 0.3 is 5.97 Å². The zero-order chi connectivity index (χ0) is 17.3. The summed E-state index contributed by atoms with van der Waals surface area (Å²) in [5, 5.41) is 12.1. The Bertz CT molecular complexity index is 689. The lowest BCUT2D eigenvalue weighted by atomic mass is 9.81. The van der Waals surface area contributed by atoms with Gasteiger partial charge in [-0.25, -0.2) is 0 Å². The van der Waals surface area contributed by atoms with Crippen LogP contribution in [-0.4, -0.2) is 46.9 Å². The Kier molecular flexibility index (Phi) is 4.71. The maximum atomic E-state index is 12.4. The Morgan fingerprint density at radius 3 is 2.33 bits per heavy atom. The SMILES string of the molecule is Cc1ccc(C(=O)NC2CCN(C(=O)[C@@H]3C=C[C@@H]3C(=O)O)CC2)s1. The molecule has 7 heteroatoms. The van der Waals surface area contributed by atoms with Crippen LogP contribution in [0.5, 0.6) is 0 Å². The number of carbonyl (C=O) groups excluding carboxylic acids is 2. The normalized spacial score (nSPS) is 23.6. The van der Waals surface area contributed by atoms with Crippen molar-refractivity contribution < 1.29 is 19.5 Å². The van der Waals surface area contributed by atoms with Crippen LogP contribution in [-0.2, 0) is 9.59 Å². The van der Waals surface area contributed by atoms with Gasteiger partial charge < -0.3 is 15.3 Å². The lowest BCUT2D eigenvalue weighted by Gasteiger charge is -2.36. The number of hydrogen-bond acceptors (Lipinski definition) is 4. The van der Waals surface area contributed by atoms with Gasteiger partial charge in [-0.3, -0.25) is 14.4 Å². The van der Waals surface area contributed by atoms with Crippen LogP contribution in [0.25, 0.3) is 0 Å². The van der Waals surface area contributed by atoms with E-state index < -0.39 is 17.8 Å². The Balaban J connectivity index is 1.49. The summed E-state index contributed by atoms with van der Waals surface area (Å²) >= 11 is 1.47. The number of piperidine rings is 1. The molecule has 6 nitrogen and oxygen atoms in total. The summed E-state index contributed by atoms with van der Waals surface area (Å²) in [6.07, 6.45) is 4.60. The van der Waals surface area contributed by atoms with Gasteiger partial charge in [0.05, 0.1) is 16.7 Å². The molecule has 1 aromatic heterocycles. The first-order chi connectivity index (χ1) is 11.5. The van der Waals surface area contributed by atoms with Crippen molar-refractivity contribution in [2.45, 2.75) is 25.8 Å². The van der Waals surface area contributed by atoms with E-state index in [-0.39, 0.29) is 17.9 Å². The summed E-state index contributed by atoms with van der Waals surface area (Å²) < 4.78 is 0. The van der Waals surface area contributed by atoms with Crippen molar-refractivity contribution in [1.82, 2.24) is 10.2 Å². The van der Waals surface area contributed by atoms with Gasteiger partial charge in [0.2, 0.25) is 5.91 Å². The smallest absolute Gasteiger partial charge is 0.311 e. The predicted molar refractivity (Wildman–Crippen MR) is 89.9 cm³/mol. The molecule has 1 saturated heterocycles. The van der Waals surface area contributed by atoms with Gasteiger partial charge in [-0.2, -0.15) is 0 Å². The Morgan fingerprint density at radius 2 is 1.83 bits per heavy atom. The maximum absolute atomic E-state index is 12.4. The molecule has 0 aromatic carbocycles. The third kappa shape index (κ3) is 3.36. The van der Waals surface area contributed by atoms with Gasteiger partial charge in [0, 0.05) is 24.0 Å². The van der Waals surface area contributed by atoms with E-state index in [1.54, 1.807) is 17.1 Å². The van der Waals surface area contributed by atoms with Gasteiger partial charge in [0.15, 0.2) is 0 Å². The Labute approximate surface area is 144 Å². The second kappa shape index (κ2) is 6.76. The number of carboxylic acid groups (broad SMARTS) is 1. The minimum absolute atomic E-state index is 0.0520. The lowest BCUT2D eigenvalue weighted by molar-refractivity contribution is -0.148. The summed E-state index contributed by atoms with van der Waals surface area (Å²) in [7, 11) is 0. The largest absolute Gasteiger partial charge is 0.481 e. The Morgan fingerprint density at radius 1 is 1.17 bits per heavy atom. The van der Waals surface area contributed by atoms with Gasteiger partial charge in [-0.15, -0.1) is 11.3 Å². The van der Waals surface area contributed by atoms with Crippen molar-refractivity contribution in [2.24, 2.45) is 11.8 Å². The number of aryl methyl sites for hydroxylation is 1. The molecule has 2 aliphatic rings. The van der Waals surface area contributed by atoms with Crippen molar-refractivity contribution in [3.8, 4) is 0 Å². The number of hydrogen-bond donors (Lipinski definition) is 2. The zero-order valence-electron chi connectivity index (χ0n) is 13.4. The van der Waals surface area contributed by atoms with Crippen molar-refractivity contribution in [3.05, 3.63) is 34.0 Å². The quantitative estimate of drug-likeness (QED) is 0.810. The molecule has 0 spiro atoms. The van der Waals surface area contributed by atoms with Crippen molar-refractivity contribution in [3.63, 3.8) is 0 Å². The van der Waals surface area contributed by atoms with Gasteiger partial charge in [-0.1, -0.05) is 12.2 Å². The van der Waals surface area contributed by atoms with Crippen LogP contribution in [0.3, 0.4) is 0 Å². The van der Waals surface area contributed by atoms with E-state index in [1.807, 2.05) is 19.1 Å². The summed E-state index contributed by atoms with van der Waals surface area (Å²) in [5.74, 6) is -2.38. The van der Waals surface area contributed by atoms with Gasteiger partial charge in [0.25, 0.3) is 5.91 Å². The minimum Gasteiger partial charge on any atom is -0.481 e. The first-order valence-corrected chi connectivity index (χ1v) is 8.84. The van der Waals surface area contributed by atoms with Crippen LogP contribution in [0.4, 0.5) is 0 Å². The standard InChI is InChI=1S/C17H20N2O4S/c1-10-2-5-14(24-10)15(20)18-11-6-8-19(9-7-11)16(21)12-3-4-13(12)17(22)23/h2-5,11-13H,6-9H2,1H3,(H,18,20)(H,22,23)/t12-,13+/m1/s1. The fraction of sp³-hybridized carbons (Fsp3) is 0.471. The fourth-order valence-electron chi connectivity index (χ4n) is 3.07. The van der Waals surface area contributed by atoms with E-state index in [9.17, 15) is 14.4 Å². The van der Waals surface area contributed by atoms with Crippen LogP contribution in [0.1, 0.15) is 27.4 Å². The number of likely N-dealkylation sites (tertiary alicyclic amines) is 1. The average molecular weight is 348 g/mol. The second-order valence-corrected chi connectivity index (χ2v) is 7.55. The number of amides is 2. The lowest BCUT2D eigenvalue weighted by Crippen LogP contribution is -2.50. The average Bonchev–Trinajstić information content (AvgIpc) is 2.93. The highest BCUT2D eigenvalue weighted by Gasteiger charge is 2.39. The topological polar surface area (TPSA) is 86.7 Å². The highest BCUT2D eigenvalue weighted by molar-refractivity contribution is 7.13. The number of carbonyl (C=O) groups is 3. The number of rotatable bonds is 4. The highest BCUT2D eigenvalue weighted by Crippen LogP contribution is 2.29. The molecule has 2 N–H and O–H groups in total. The molecule has 0 bridgehead atoms. The van der Waals surface area contributed by atoms with Crippen LogP contribution >= 0.6 is 11.3 Å². The molecule has 2 amide bonds. The second-order valence-electron chi connectivity index (χ2n) is 6.26. The van der Waals surface area contributed by atoms with Crippen LogP contribution in [0, 0.1) is 18.8 Å². The van der Waals surface area contributed by atoms with Crippen LogP contribution in [0.15, 0.2) is 24.3 Å². The molecule has 24 heavy (non-hydrogen) atoms. The van der Waals surface area contributed by atoms with E-state index in [0.29, 0.717) is 30.8 Å². The first-order valence-electron chi connectivity index (χ1n) is 8.03. The predicted octanol–water partition coefficient (Wildman–Crippen LogP) is 1.66. The number of aliphatic carboxylic acids is 1. The number of thiophene rings is 1. The molecular weight excluding hydrogens is 328 g/mol.